The highest BCUT2D eigenvalue weighted by Gasteiger charge is 2.42. The zero-order valence-electron chi connectivity index (χ0n) is 15.6. The summed E-state index contributed by atoms with van der Waals surface area (Å²) in [6.45, 7) is 6.06. The van der Waals surface area contributed by atoms with Gasteiger partial charge < -0.3 is 19.8 Å². The summed E-state index contributed by atoms with van der Waals surface area (Å²) < 4.78 is 5.40. The molecule has 0 aliphatic carbocycles. The molecular weight excluding hydrogens is 332 g/mol. The Kier molecular flexibility index (Phi) is 6.16. The van der Waals surface area contributed by atoms with E-state index in [0.29, 0.717) is 13.2 Å². The van der Waals surface area contributed by atoms with Crippen LogP contribution < -0.4 is 4.74 Å². The predicted molar refractivity (Wildman–Crippen MR) is 98.8 cm³/mol. The predicted octanol–water partition coefficient (Wildman–Crippen LogP) is 1.25. The molecule has 2 aliphatic heterocycles. The largest absolute Gasteiger partial charge is 0.491 e. The first-order valence-electron chi connectivity index (χ1n) is 9.48. The van der Waals surface area contributed by atoms with Gasteiger partial charge in [-0.05, 0) is 55.5 Å². The van der Waals surface area contributed by atoms with Crippen molar-refractivity contribution in [2.75, 3.05) is 39.4 Å². The zero-order chi connectivity index (χ0) is 18.6. The summed E-state index contributed by atoms with van der Waals surface area (Å²) in [7, 11) is 0. The molecule has 26 heavy (non-hydrogen) atoms. The average molecular weight is 362 g/mol. The Labute approximate surface area is 155 Å². The lowest BCUT2D eigenvalue weighted by molar-refractivity contribution is -0.138. The molecule has 6 heteroatoms. The maximum atomic E-state index is 11.7. The van der Waals surface area contributed by atoms with Gasteiger partial charge in [-0.2, -0.15) is 0 Å². The molecule has 3 rings (SSSR count). The van der Waals surface area contributed by atoms with Gasteiger partial charge in [0, 0.05) is 26.6 Å². The van der Waals surface area contributed by atoms with Crippen LogP contribution in [0.1, 0.15) is 31.7 Å². The summed E-state index contributed by atoms with van der Waals surface area (Å²) in [5.41, 5.74) is 1.31. The minimum Gasteiger partial charge on any atom is -0.491 e. The molecule has 1 aromatic carbocycles. The van der Waals surface area contributed by atoms with E-state index in [4.69, 9.17) is 9.84 Å². The molecule has 0 radical (unpaired) electrons. The van der Waals surface area contributed by atoms with Gasteiger partial charge in [0.1, 0.15) is 12.4 Å². The molecule has 1 amide bonds. The van der Waals surface area contributed by atoms with E-state index in [2.05, 4.69) is 17.0 Å². The molecule has 1 aromatic rings. The molecule has 0 saturated carbocycles. The van der Waals surface area contributed by atoms with Crippen molar-refractivity contribution >= 4 is 5.91 Å². The van der Waals surface area contributed by atoms with Gasteiger partial charge in [0.05, 0.1) is 12.7 Å². The summed E-state index contributed by atoms with van der Waals surface area (Å²) in [5.74, 6) is 0.843. The first kappa shape index (κ1) is 19.1. The van der Waals surface area contributed by atoms with Gasteiger partial charge in [0.15, 0.2) is 0 Å². The summed E-state index contributed by atoms with van der Waals surface area (Å²) in [6.07, 6.45) is 2.45. The maximum absolute atomic E-state index is 11.7. The number of piperidine rings is 2. The third kappa shape index (κ3) is 4.75. The standard InChI is InChI=1S/C20H30N2O4/c1-16(24)22-14-18(25)12-20(15-22)6-8-21(9-7-20)13-17-2-4-19(5-3-17)26-11-10-23/h2-5,18,23,25H,6-15H2,1H3. The highest BCUT2D eigenvalue weighted by atomic mass is 16.5. The number of nitrogens with zero attached hydrogens (tertiary/aromatic N) is 2. The number of likely N-dealkylation sites (tertiary alicyclic amines) is 2. The van der Waals surface area contributed by atoms with E-state index in [1.165, 1.54) is 5.56 Å². The normalized spacial score (nSPS) is 23.2. The first-order valence-corrected chi connectivity index (χ1v) is 9.48. The molecule has 2 heterocycles. The Balaban J connectivity index is 1.52. The fourth-order valence-electron chi connectivity index (χ4n) is 4.25. The average Bonchev–Trinajstić information content (AvgIpc) is 2.63. The lowest BCUT2D eigenvalue weighted by Gasteiger charge is -2.49. The van der Waals surface area contributed by atoms with E-state index >= 15 is 0 Å². The van der Waals surface area contributed by atoms with E-state index < -0.39 is 6.10 Å². The van der Waals surface area contributed by atoms with E-state index in [-0.39, 0.29) is 17.9 Å². The van der Waals surface area contributed by atoms with E-state index in [0.717, 1.165) is 51.2 Å². The third-order valence-corrected chi connectivity index (χ3v) is 5.68. The summed E-state index contributed by atoms with van der Waals surface area (Å²) in [6, 6.07) is 8.02. The molecule has 1 spiro atoms. The Morgan fingerprint density at radius 3 is 2.58 bits per heavy atom. The zero-order valence-corrected chi connectivity index (χ0v) is 15.6. The van der Waals surface area contributed by atoms with Crippen LogP contribution in [0.5, 0.6) is 5.75 Å². The van der Waals surface area contributed by atoms with Crippen LogP contribution in [-0.2, 0) is 11.3 Å². The number of aliphatic hydroxyl groups excluding tert-OH is 2. The van der Waals surface area contributed by atoms with Crippen molar-refractivity contribution in [1.29, 1.82) is 0 Å². The van der Waals surface area contributed by atoms with Crippen molar-refractivity contribution in [2.24, 2.45) is 5.41 Å². The maximum Gasteiger partial charge on any atom is 0.219 e. The van der Waals surface area contributed by atoms with Gasteiger partial charge in [0.25, 0.3) is 0 Å². The number of benzene rings is 1. The molecule has 2 fully saturated rings. The van der Waals surface area contributed by atoms with Crippen LogP contribution in [0.15, 0.2) is 24.3 Å². The number of aliphatic hydroxyl groups is 2. The summed E-state index contributed by atoms with van der Waals surface area (Å²) in [4.78, 5) is 16.0. The van der Waals surface area contributed by atoms with Crippen LogP contribution in [0.2, 0.25) is 0 Å². The number of hydrogen-bond acceptors (Lipinski definition) is 5. The Morgan fingerprint density at radius 1 is 1.27 bits per heavy atom. The van der Waals surface area contributed by atoms with Gasteiger partial charge >= 0.3 is 0 Å². The third-order valence-electron chi connectivity index (χ3n) is 5.68. The number of amides is 1. The number of carbonyl (C=O) groups excluding carboxylic acids is 1. The van der Waals surface area contributed by atoms with Crippen LogP contribution in [0.25, 0.3) is 0 Å². The number of β-amino-alcohol motifs (C(OH)–C–C–N with tert-alkyl or cyclic N) is 1. The SMILES string of the molecule is CC(=O)N1CC(O)CC2(CCN(Cc3ccc(OCCO)cc3)CC2)C1. The van der Waals surface area contributed by atoms with E-state index in [1.54, 1.807) is 6.92 Å². The van der Waals surface area contributed by atoms with Crippen LogP contribution >= 0.6 is 0 Å². The Hall–Kier alpha value is -1.63. The van der Waals surface area contributed by atoms with Crippen LogP contribution in [0.3, 0.4) is 0 Å². The highest BCUT2D eigenvalue weighted by Crippen LogP contribution is 2.40. The molecule has 6 nitrogen and oxygen atoms in total. The Bertz CT molecular complexity index is 596. The van der Waals surface area contributed by atoms with Crippen molar-refractivity contribution in [3.05, 3.63) is 29.8 Å². The van der Waals surface area contributed by atoms with Crippen molar-refractivity contribution < 1.29 is 19.7 Å². The number of carbonyl (C=O) groups is 1. The molecule has 1 atom stereocenters. The lowest BCUT2D eigenvalue weighted by Crippen LogP contribution is -2.54. The minimum atomic E-state index is -0.398. The fourth-order valence-corrected chi connectivity index (χ4v) is 4.25. The van der Waals surface area contributed by atoms with Crippen LogP contribution in [-0.4, -0.2) is 71.4 Å². The van der Waals surface area contributed by atoms with Gasteiger partial charge in [-0.15, -0.1) is 0 Å². The topological polar surface area (TPSA) is 73.2 Å². The lowest BCUT2D eigenvalue weighted by atomic mass is 9.71. The fraction of sp³-hybridized carbons (Fsp3) is 0.650. The monoisotopic (exact) mass is 362 g/mol. The minimum absolute atomic E-state index is 0.0209. The summed E-state index contributed by atoms with van der Waals surface area (Å²) in [5, 5.41) is 19.0. The van der Waals surface area contributed by atoms with Crippen molar-refractivity contribution in [2.45, 2.75) is 38.8 Å². The van der Waals surface area contributed by atoms with E-state index in [1.807, 2.05) is 17.0 Å². The van der Waals surface area contributed by atoms with Gasteiger partial charge in [-0.1, -0.05) is 12.1 Å². The van der Waals surface area contributed by atoms with Gasteiger partial charge in [-0.25, -0.2) is 0 Å². The highest BCUT2D eigenvalue weighted by molar-refractivity contribution is 5.73. The summed E-state index contributed by atoms with van der Waals surface area (Å²) >= 11 is 0. The van der Waals surface area contributed by atoms with Crippen LogP contribution in [0.4, 0.5) is 0 Å². The molecule has 2 saturated heterocycles. The van der Waals surface area contributed by atoms with Gasteiger partial charge in [-0.3, -0.25) is 9.69 Å². The van der Waals surface area contributed by atoms with Crippen molar-refractivity contribution in [3.63, 3.8) is 0 Å². The number of hydrogen-bond donors (Lipinski definition) is 2. The second-order valence-electron chi connectivity index (χ2n) is 7.75. The molecule has 144 valence electrons. The van der Waals surface area contributed by atoms with Crippen molar-refractivity contribution in [3.8, 4) is 5.75 Å². The molecule has 0 aromatic heterocycles. The molecule has 0 bridgehead atoms. The molecule has 2 aliphatic rings. The van der Waals surface area contributed by atoms with Gasteiger partial charge in [0.2, 0.25) is 5.91 Å². The quantitative estimate of drug-likeness (QED) is 0.825. The molecule has 2 N–H and O–H groups in total. The number of rotatable bonds is 5. The smallest absolute Gasteiger partial charge is 0.219 e. The number of ether oxygens (including phenoxy) is 1. The Morgan fingerprint density at radius 2 is 1.96 bits per heavy atom. The van der Waals surface area contributed by atoms with E-state index in [9.17, 15) is 9.90 Å². The van der Waals surface area contributed by atoms with Crippen molar-refractivity contribution in [1.82, 2.24) is 9.80 Å². The second-order valence-corrected chi connectivity index (χ2v) is 7.75. The second kappa shape index (κ2) is 8.37. The first-order chi connectivity index (χ1) is 12.5. The molecular formula is C20H30N2O4. The van der Waals surface area contributed by atoms with Crippen LogP contribution in [0, 0.1) is 5.41 Å². The molecule has 1 unspecified atom stereocenters.